The highest BCUT2D eigenvalue weighted by molar-refractivity contribution is 5.92. The molecule has 3 rings (SSSR count). The van der Waals surface area contributed by atoms with E-state index in [1.807, 2.05) is 19.9 Å². The molecule has 0 bridgehead atoms. The standard InChI is InChI=1S/C16H21N3O2/c1-10-15(11(2)19-18-10)13-8-9-14(21-13)16(20)17-12-6-4-3-5-7-12/h8-9,12H,3-7H2,1-2H3,(H,17,20)(H,18,19). The molecule has 1 aliphatic rings. The summed E-state index contributed by atoms with van der Waals surface area (Å²) in [6.45, 7) is 3.86. The van der Waals surface area contributed by atoms with E-state index in [1.165, 1.54) is 19.3 Å². The molecule has 1 aliphatic carbocycles. The summed E-state index contributed by atoms with van der Waals surface area (Å²) < 4.78 is 5.72. The second-order valence-corrected chi connectivity index (χ2v) is 5.78. The minimum absolute atomic E-state index is 0.119. The minimum atomic E-state index is -0.119. The van der Waals surface area contributed by atoms with Crippen molar-refractivity contribution in [3.8, 4) is 11.3 Å². The summed E-state index contributed by atoms with van der Waals surface area (Å²) in [5.41, 5.74) is 2.76. The van der Waals surface area contributed by atoms with E-state index in [9.17, 15) is 4.79 Å². The molecule has 2 aromatic heterocycles. The van der Waals surface area contributed by atoms with Crippen molar-refractivity contribution in [3.05, 3.63) is 29.3 Å². The Kier molecular flexibility index (Phi) is 3.82. The molecule has 0 radical (unpaired) electrons. The Hall–Kier alpha value is -2.04. The third-order valence-corrected chi connectivity index (χ3v) is 4.14. The predicted octanol–water partition coefficient (Wildman–Crippen LogP) is 3.35. The van der Waals surface area contributed by atoms with Crippen LogP contribution in [-0.2, 0) is 0 Å². The van der Waals surface area contributed by atoms with Crippen molar-refractivity contribution in [1.82, 2.24) is 15.5 Å². The summed E-state index contributed by atoms with van der Waals surface area (Å²) in [7, 11) is 0. The minimum Gasteiger partial charge on any atom is -0.451 e. The van der Waals surface area contributed by atoms with Crippen LogP contribution in [0.25, 0.3) is 11.3 Å². The second kappa shape index (κ2) is 5.76. The van der Waals surface area contributed by atoms with Crippen LogP contribution in [-0.4, -0.2) is 22.1 Å². The van der Waals surface area contributed by atoms with Crippen molar-refractivity contribution in [3.63, 3.8) is 0 Å². The van der Waals surface area contributed by atoms with E-state index in [0.29, 0.717) is 11.5 Å². The van der Waals surface area contributed by atoms with E-state index in [-0.39, 0.29) is 11.9 Å². The lowest BCUT2D eigenvalue weighted by Crippen LogP contribution is -2.35. The van der Waals surface area contributed by atoms with Gasteiger partial charge in [0.1, 0.15) is 5.76 Å². The molecule has 21 heavy (non-hydrogen) atoms. The highest BCUT2D eigenvalue weighted by Gasteiger charge is 2.20. The highest BCUT2D eigenvalue weighted by atomic mass is 16.4. The van der Waals surface area contributed by atoms with Crippen molar-refractivity contribution >= 4 is 5.91 Å². The van der Waals surface area contributed by atoms with E-state index in [2.05, 4.69) is 15.5 Å². The van der Waals surface area contributed by atoms with Gasteiger partial charge in [0.2, 0.25) is 0 Å². The second-order valence-electron chi connectivity index (χ2n) is 5.78. The van der Waals surface area contributed by atoms with E-state index < -0.39 is 0 Å². The lowest BCUT2D eigenvalue weighted by atomic mass is 9.95. The Bertz CT molecular complexity index is 616. The number of furan rings is 1. The molecule has 112 valence electrons. The molecular weight excluding hydrogens is 266 g/mol. The van der Waals surface area contributed by atoms with Crippen molar-refractivity contribution in [2.75, 3.05) is 0 Å². The molecule has 5 heteroatoms. The number of nitrogens with zero attached hydrogens (tertiary/aromatic N) is 1. The molecule has 0 saturated heterocycles. The fraction of sp³-hybridized carbons (Fsp3) is 0.500. The van der Waals surface area contributed by atoms with Gasteiger partial charge in [0.05, 0.1) is 11.3 Å². The topological polar surface area (TPSA) is 70.9 Å². The molecule has 0 aromatic carbocycles. The van der Waals surface area contributed by atoms with Crippen LogP contribution in [0.2, 0.25) is 0 Å². The molecule has 1 amide bonds. The molecule has 1 saturated carbocycles. The summed E-state index contributed by atoms with van der Waals surface area (Å²) in [6, 6.07) is 3.86. The number of aryl methyl sites for hydroxylation is 2. The predicted molar refractivity (Wildman–Crippen MR) is 80.1 cm³/mol. The Balaban J connectivity index is 1.74. The number of carbonyl (C=O) groups excluding carboxylic acids is 1. The Labute approximate surface area is 124 Å². The largest absolute Gasteiger partial charge is 0.451 e. The molecule has 0 unspecified atom stereocenters. The average Bonchev–Trinajstić information content (AvgIpc) is 3.07. The summed E-state index contributed by atoms with van der Waals surface area (Å²) in [5, 5.41) is 10.2. The van der Waals surface area contributed by atoms with Crippen molar-refractivity contribution in [2.24, 2.45) is 0 Å². The van der Waals surface area contributed by atoms with E-state index >= 15 is 0 Å². The lowest BCUT2D eigenvalue weighted by Gasteiger charge is -2.22. The van der Waals surface area contributed by atoms with Gasteiger partial charge in [0.15, 0.2) is 5.76 Å². The molecule has 2 N–H and O–H groups in total. The molecule has 0 spiro atoms. The first-order chi connectivity index (χ1) is 10.1. The zero-order valence-electron chi connectivity index (χ0n) is 12.5. The number of aromatic nitrogens is 2. The number of nitrogens with one attached hydrogen (secondary N) is 2. The Morgan fingerprint density at radius 2 is 2.05 bits per heavy atom. The van der Waals surface area contributed by atoms with Crippen LogP contribution in [0.5, 0.6) is 0 Å². The third kappa shape index (κ3) is 2.86. The summed E-state index contributed by atoms with van der Waals surface area (Å²) in [6.07, 6.45) is 5.80. The maximum absolute atomic E-state index is 12.2. The van der Waals surface area contributed by atoms with Crippen LogP contribution in [0.15, 0.2) is 16.5 Å². The van der Waals surface area contributed by atoms with Crippen molar-refractivity contribution < 1.29 is 9.21 Å². The molecule has 1 fully saturated rings. The maximum atomic E-state index is 12.2. The summed E-state index contributed by atoms with van der Waals surface area (Å²) in [4.78, 5) is 12.2. The first kappa shape index (κ1) is 13.9. The number of amides is 1. The first-order valence-corrected chi connectivity index (χ1v) is 7.58. The zero-order chi connectivity index (χ0) is 14.8. The van der Waals surface area contributed by atoms with Gasteiger partial charge in [-0.1, -0.05) is 19.3 Å². The van der Waals surface area contributed by atoms with Crippen LogP contribution in [0.1, 0.15) is 54.0 Å². The number of hydrogen-bond donors (Lipinski definition) is 2. The van der Waals surface area contributed by atoms with Gasteiger partial charge in [0, 0.05) is 11.7 Å². The Morgan fingerprint density at radius 1 is 1.29 bits per heavy atom. The normalized spacial score (nSPS) is 16.1. The summed E-state index contributed by atoms with van der Waals surface area (Å²) >= 11 is 0. The summed E-state index contributed by atoms with van der Waals surface area (Å²) in [5.74, 6) is 0.940. The molecule has 2 aromatic rings. The van der Waals surface area contributed by atoms with Gasteiger partial charge in [-0.3, -0.25) is 9.89 Å². The fourth-order valence-corrected chi connectivity index (χ4v) is 3.01. The molecular formula is C16H21N3O2. The van der Waals surface area contributed by atoms with E-state index in [4.69, 9.17) is 4.42 Å². The monoisotopic (exact) mass is 287 g/mol. The molecule has 0 aliphatic heterocycles. The van der Waals surface area contributed by atoms with Crippen LogP contribution in [0.3, 0.4) is 0 Å². The van der Waals surface area contributed by atoms with Gasteiger partial charge >= 0.3 is 0 Å². The number of H-pyrrole nitrogens is 1. The fourth-order valence-electron chi connectivity index (χ4n) is 3.01. The maximum Gasteiger partial charge on any atom is 0.287 e. The Morgan fingerprint density at radius 3 is 2.71 bits per heavy atom. The van der Waals surface area contributed by atoms with Gasteiger partial charge in [-0.05, 0) is 38.8 Å². The molecule has 5 nitrogen and oxygen atoms in total. The third-order valence-electron chi connectivity index (χ3n) is 4.14. The van der Waals surface area contributed by atoms with Crippen molar-refractivity contribution in [1.29, 1.82) is 0 Å². The van der Waals surface area contributed by atoms with Crippen molar-refractivity contribution in [2.45, 2.75) is 52.0 Å². The lowest BCUT2D eigenvalue weighted by molar-refractivity contribution is 0.0900. The van der Waals surface area contributed by atoms with E-state index in [0.717, 1.165) is 29.8 Å². The smallest absolute Gasteiger partial charge is 0.287 e. The van der Waals surface area contributed by atoms with Gasteiger partial charge in [-0.2, -0.15) is 5.10 Å². The quantitative estimate of drug-likeness (QED) is 0.909. The van der Waals surface area contributed by atoms with Crippen LogP contribution in [0.4, 0.5) is 0 Å². The van der Waals surface area contributed by atoms with Gasteiger partial charge in [0.25, 0.3) is 5.91 Å². The number of rotatable bonds is 3. The number of aromatic amines is 1. The first-order valence-electron chi connectivity index (χ1n) is 7.58. The zero-order valence-corrected chi connectivity index (χ0v) is 12.5. The van der Waals surface area contributed by atoms with E-state index in [1.54, 1.807) is 6.07 Å². The van der Waals surface area contributed by atoms with Crippen LogP contribution >= 0.6 is 0 Å². The molecule has 0 atom stereocenters. The number of carbonyl (C=O) groups is 1. The van der Waals surface area contributed by atoms with Gasteiger partial charge < -0.3 is 9.73 Å². The highest BCUT2D eigenvalue weighted by Crippen LogP contribution is 2.27. The van der Waals surface area contributed by atoms with Gasteiger partial charge in [-0.25, -0.2) is 0 Å². The SMILES string of the molecule is Cc1n[nH]c(C)c1-c1ccc(C(=O)NC2CCCCC2)o1. The van der Waals surface area contributed by atoms with Crippen LogP contribution < -0.4 is 5.32 Å². The average molecular weight is 287 g/mol. The van der Waals surface area contributed by atoms with Gasteiger partial charge in [-0.15, -0.1) is 0 Å². The number of hydrogen-bond acceptors (Lipinski definition) is 3. The molecule has 2 heterocycles. The van der Waals surface area contributed by atoms with Crippen LogP contribution in [0, 0.1) is 13.8 Å².